The molecule has 2 heterocycles. The second-order valence-corrected chi connectivity index (χ2v) is 4.86. The molecule has 0 saturated carbocycles. The zero-order valence-corrected chi connectivity index (χ0v) is 10.8. The number of halogens is 1. The molecular formula is C13H18FN3O. The molecule has 0 N–H and O–H groups in total. The van der Waals surface area contributed by atoms with Gasteiger partial charge in [-0.1, -0.05) is 0 Å². The van der Waals surface area contributed by atoms with Crippen molar-refractivity contribution in [2.75, 3.05) is 27.2 Å². The molecule has 1 saturated heterocycles. The fourth-order valence-corrected chi connectivity index (χ4v) is 2.27. The minimum absolute atomic E-state index is 0.0558. The first-order valence-electron chi connectivity index (χ1n) is 6.15. The monoisotopic (exact) mass is 251 g/mol. The highest BCUT2D eigenvalue weighted by Gasteiger charge is 2.24. The molecule has 18 heavy (non-hydrogen) atoms. The number of nitrogens with zero attached hydrogens (tertiary/aromatic N) is 3. The second kappa shape index (κ2) is 5.44. The van der Waals surface area contributed by atoms with Gasteiger partial charge in [-0.3, -0.25) is 4.79 Å². The fourth-order valence-electron chi connectivity index (χ4n) is 2.27. The number of amides is 1. The quantitative estimate of drug-likeness (QED) is 0.745. The van der Waals surface area contributed by atoms with Gasteiger partial charge in [-0.2, -0.15) is 4.39 Å². The number of hydrogen-bond acceptors (Lipinski definition) is 3. The lowest BCUT2D eigenvalue weighted by Crippen LogP contribution is -2.44. The van der Waals surface area contributed by atoms with Crippen molar-refractivity contribution < 1.29 is 9.18 Å². The molecule has 98 valence electrons. The number of hydrogen-bond donors (Lipinski definition) is 0. The Kier molecular flexibility index (Phi) is 3.91. The van der Waals surface area contributed by atoms with Crippen LogP contribution in [0.15, 0.2) is 18.3 Å². The number of piperidine rings is 1. The van der Waals surface area contributed by atoms with Gasteiger partial charge in [-0.05, 0) is 39.1 Å². The van der Waals surface area contributed by atoms with Gasteiger partial charge in [0.1, 0.15) is 0 Å². The predicted octanol–water partition coefficient (Wildman–Crippen LogP) is 1.39. The molecule has 1 aromatic heterocycles. The van der Waals surface area contributed by atoms with Crippen LogP contribution in [-0.4, -0.2) is 53.9 Å². The molecule has 0 unspecified atom stereocenters. The molecule has 5 heteroatoms. The molecular weight excluding hydrogens is 233 g/mol. The summed E-state index contributed by atoms with van der Waals surface area (Å²) in [5.74, 6) is -0.613. The molecule has 1 aliphatic heterocycles. The number of aromatic nitrogens is 1. The van der Waals surface area contributed by atoms with Crippen molar-refractivity contribution in [3.8, 4) is 0 Å². The van der Waals surface area contributed by atoms with Crippen LogP contribution in [0.3, 0.4) is 0 Å². The van der Waals surface area contributed by atoms with Gasteiger partial charge in [0.2, 0.25) is 5.95 Å². The van der Waals surface area contributed by atoms with Gasteiger partial charge in [0.05, 0.1) is 5.56 Å². The highest BCUT2D eigenvalue weighted by Crippen LogP contribution is 2.16. The summed E-state index contributed by atoms with van der Waals surface area (Å²) in [5, 5.41) is 0. The highest BCUT2D eigenvalue weighted by molar-refractivity contribution is 5.93. The van der Waals surface area contributed by atoms with Gasteiger partial charge in [-0.25, -0.2) is 4.98 Å². The van der Waals surface area contributed by atoms with E-state index in [0.717, 1.165) is 25.9 Å². The molecule has 2 rings (SSSR count). The molecule has 0 atom stereocenters. The highest BCUT2D eigenvalue weighted by atomic mass is 19.1. The zero-order chi connectivity index (χ0) is 13.1. The predicted molar refractivity (Wildman–Crippen MR) is 66.8 cm³/mol. The second-order valence-electron chi connectivity index (χ2n) is 4.86. The SMILES string of the molecule is CN(C)C1CCN(C(=O)c2ccc(F)nc2)CC1. The molecule has 0 radical (unpaired) electrons. The van der Waals surface area contributed by atoms with E-state index >= 15 is 0 Å². The summed E-state index contributed by atoms with van der Waals surface area (Å²) < 4.78 is 12.7. The lowest BCUT2D eigenvalue weighted by atomic mass is 10.0. The maximum atomic E-state index is 12.7. The van der Waals surface area contributed by atoms with Crippen LogP contribution in [0.5, 0.6) is 0 Å². The molecule has 0 bridgehead atoms. The number of pyridine rings is 1. The van der Waals surface area contributed by atoms with Crippen LogP contribution in [0.1, 0.15) is 23.2 Å². The van der Waals surface area contributed by atoms with Crippen LogP contribution < -0.4 is 0 Å². The summed E-state index contributed by atoms with van der Waals surface area (Å²) in [5.41, 5.74) is 0.458. The van der Waals surface area contributed by atoms with E-state index in [2.05, 4.69) is 24.0 Å². The third-order valence-corrected chi connectivity index (χ3v) is 3.46. The number of rotatable bonds is 2. The van der Waals surface area contributed by atoms with Crippen molar-refractivity contribution >= 4 is 5.91 Å². The van der Waals surface area contributed by atoms with Crippen molar-refractivity contribution in [3.05, 3.63) is 29.8 Å². The van der Waals surface area contributed by atoms with Crippen molar-refractivity contribution in [2.45, 2.75) is 18.9 Å². The van der Waals surface area contributed by atoms with E-state index in [0.29, 0.717) is 11.6 Å². The van der Waals surface area contributed by atoms with Gasteiger partial charge < -0.3 is 9.80 Å². The molecule has 4 nitrogen and oxygen atoms in total. The normalized spacial score (nSPS) is 17.2. The summed E-state index contributed by atoms with van der Waals surface area (Å²) >= 11 is 0. The van der Waals surface area contributed by atoms with E-state index in [9.17, 15) is 9.18 Å². The minimum atomic E-state index is -0.558. The van der Waals surface area contributed by atoms with E-state index in [1.165, 1.54) is 18.3 Å². The molecule has 0 spiro atoms. The maximum absolute atomic E-state index is 12.7. The number of carbonyl (C=O) groups is 1. The first kappa shape index (κ1) is 13.0. The first-order chi connectivity index (χ1) is 8.58. The molecule has 1 aromatic rings. The van der Waals surface area contributed by atoms with Gasteiger partial charge in [-0.15, -0.1) is 0 Å². The molecule has 0 aliphatic carbocycles. The number of likely N-dealkylation sites (tertiary alicyclic amines) is 1. The van der Waals surface area contributed by atoms with Crippen LogP contribution in [0.2, 0.25) is 0 Å². The summed E-state index contributed by atoms with van der Waals surface area (Å²) in [4.78, 5) is 19.7. The largest absolute Gasteiger partial charge is 0.338 e. The van der Waals surface area contributed by atoms with Crippen LogP contribution in [-0.2, 0) is 0 Å². The minimum Gasteiger partial charge on any atom is -0.338 e. The maximum Gasteiger partial charge on any atom is 0.255 e. The Morgan fingerprint density at radius 2 is 2.06 bits per heavy atom. The van der Waals surface area contributed by atoms with E-state index in [1.54, 1.807) is 0 Å². The van der Waals surface area contributed by atoms with Crippen LogP contribution in [0, 0.1) is 5.95 Å². The van der Waals surface area contributed by atoms with Crippen LogP contribution >= 0.6 is 0 Å². The van der Waals surface area contributed by atoms with Crippen LogP contribution in [0.25, 0.3) is 0 Å². The molecule has 1 amide bonds. The molecule has 1 fully saturated rings. The van der Waals surface area contributed by atoms with E-state index in [-0.39, 0.29) is 5.91 Å². The van der Waals surface area contributed by atoms with Crippen molar-refractivity contribution in [2.24, 2.45) is 0 Å². The Bertz CT molecular complexity index is 411. The summed E-state index contributed by atoms with van der Waals surface area (Å²) in [7, 11) is 4.12. The third kappa shape index (κ3) is 2.85. The van der Waals surface area contributed by atoms with Gasteiger partial charge in [0.25, 0.3) is 5.91 Å². The Morgan fingerprint density at radius 3 is 2.56 bits per heavy atom. The summed E-state index contributed by atoms with van der Waals surface area (Å²) in [6, 6.07) is 3.25. The average molecular weight is 251 g/mol. The number of carbonyl (C=O) groups excluding carboxylic acids is 1. The van der Waals surface area contributed by atoms with Crippen molar-refractivity contribution in [1.29, 1.82) is 0 Å². The summed E-state index contributed by atoms with van der Waals surface area (Å²) in [6.07, 6.45) is 3.26. The zero-order valence-electron chi connectivity index (χ0n) is 10.8. The Balaban J connectivity index is 1.97. The lowest BCUT2D eigenvalue weighted by molar-refractivity contribution is 0.0663. The van der Waals surface area contributed by atoms with Gasteiger partial charge in [0, 0.05) is 25.3 Å². The topological polar surface area (TPSA) is 36.4 Å². The molecule has 1 aliphatic rings. The van der Waals surface area contributed by atoms with Crippen molar-refractivity contribution in [1.82, 2.24) is 14.8 Å². The fraction of sp³-hybridized carbons (Fsp3) is 0.538. The first-order valence-corrected chi connectivity index (χ1v) is 6.15. The standard InChI is InChI=1S/C13H18FN3O/c1-16(2)11-5-7-17(8-6-11)13(18)10-3-4-12(14)15-9-10/h3-4,9,11H,5-8H2,1-2H3. The average Bonchev–Trinajstić information content (AvgIpc) is 2.39. The van der Waals surface area contributed by atoms with E-state index < -0.39 is 5.95 Å². The Morgan fingerprint density at radius 1 is 1.39 bits per heavy atom. The van der Waals surface area contributed by atoms with E-state index in [4.69, 9.17) is 0 Å². The molecule has 0 aromatic carbocycles. The van der Waals surface area contributed by atoms with E-state index in [1.807, 2.05) is 4.90 Å². The van der Waals surface area contributed by atoms with Gasteiger partial charge >= 0.3 is 0 Å². The van der Waals surface area contributed by atoms with Crippen LogP contribution in [0.4, 0.5) is 4.39 Å². The smallest absolute Gasteiger partial charge is 0.255 e. The lowest BCUT2D eigenvalue weighted by Gasteiger charge is -2.35. The van der Waals surface area contributed by atoms with Gasteiger partial charge in [0.15, 0.2) is 0 Å². The Labute approximate surface area is 106 Å². The third-order valence-electron chi connectivity index (χ3n) is 3.46. The van der Waals surface area contributed by atoms with Crippen molar-refractivity contribution in [3.63, 3.8) is 0 Å². The Hall–Kier alpha value is -1.49. The summed E-state index contributed by atoms with van der Waals surface area (Å²) in [6.45, 7) is 1.50.